The highest BCUT2D eigenvalue weighted by molar-refractivity contribution is 5.76. The average Bonchev–Trinajstić information content (AvgIpc) is 1.88. The maximum atomic E-state index is 10.6. The van der Waals surface area contributed by atoms with Gasteiger partial charge in [0.15, 0.2) is 0 Å². The molecular formula is C6H11NO2. The molecule has 1 heterocycles. The molecule has 1 fully saturated rings. The smallest absolute Gasteiger partial charge is 0.220 e. The third-order valence-corrected chi connectivity index (χ3v) is 1.61. The number of nitrogens with one attached hydrogen (secondary N) is 1. The average molecular weight is 129 g/mol. The van der Waals surface area contributed by atoms with E-state index in [9.17, 15) is 4.79 Å². The second-order valence-electron chi connectivity index (χ2n) is 2.39. The van der Waals surface area contributed by atoms with Crippen molar-refractivity contribution in [3.63, 3.8) is 0 Å². The minimum absolute atomic E-state index is 0.0697. The molecular weight excluding hydrogens is 118 g/mol. The molecule has 9 heavy (non-hydrogen) atoms. The van der Waals surface area contributed by atoms with Gasteiger partial charge in [-0.05, 0) is 12.3 Å². The standard InChI is InChI=1S/C6H11NO2/c8-4-5-1-2-7-6(9)3-5/h5,8H,1-4H2,(H,7,9)/t5-/m0/s1. The molecule has 0 spiro atoms. The van der Waals surface area contributed by atoms with E-state index in [0.29, 0.717) is 6.42 Å². The van der Waals surface area contributed by atoms with Crippen molar-refractivity contribution in [2.75, 3.05) is 13.2 Å². The van der Waals surface area contributed by atoms with Gasteiger partial charge in [0, 0.05) is 19.6 Å². The second-order valence-corrected chi connectivity index (χ2v) is 2.39. The predicted molar refractivity (Wildman–Crippen MR) is 32.8 cm³/mol. The van der Waals surface area contributed by atoms with Crippen LogP contribution in [0.5, 0.6) is 0 Å². The SMILES string of the molecule is O=C1C[C@@H](CO)CCN1. The van der Waals surface area contributed by atoms with E-state index in [1.54, 1.807) is 0 Å². The first-order valence-electron chi connectivity index (χ1n) is 3.20. The summed E-state index contributed by atoms with van der Waals surface area (Å²) in [6.45, 7) is 0.872. The van der Waals surface area contributed by atoms with Crippen LogP contribution < -0.4 is 5.32 Å². The summed E-state index contributed by atoms with van der Waals surface area (Å²) in [4.78, 5) is 10.6. The highest BCUT2D eigenvalue weighted by Crippen LogP contribution is 2.10. The first-order valence-corrected chi connectivity index (χ1v) is 3.20. The molecule has 1 aliphatic heterocycles. The largest absolute Gasteiger partial charge is 0.396 e. The number of aliphatic hydroxyl groups excluding tert-OH is 1. The molecule has 0 aromatic carbocycles. The van der Waals surface area contributed by atoms with Crippen molar-refractivity contribution in [2.24, 2.45) is 5.92 Å². The van der Waals surface area contributed by atoms with Crippen LogP contribution in [0.25, 0.3) is 0 Å². The summed E-state index contributed by atoms with van der Waals surface area (Å²) in [7, 11) is 0. The molecule has 0 aliphatic carbocycles. The normalized spacial score (nSPS) is 27.7. The summed E-state index contributed by atoms with van der Waals surface area (Å²) >= 11 is 0. The summed E-state index contributed by atoms with van der Waals surface area (Å²) in [5.41, 5.74) is 0. The van der Waals surface area contributed by atoms with E-state index in [1.807, 2.05) is 0 Å². The van der Waals surface area contributed by atoms with Crippen LogP contribution in [0.1, 0.15) is 12.8 Å². The molecule has 3 nitrogen and oxygen atoms in total. The predicted octanol–water partition coefficient (Wildman–Crippen LogP) is -0.495. The summed E-state index contributed by atoms with van der Waals surface area (Å²) in [6.07, 6.45) is 1.42. The summed E-state index contributed by atoms with van der Waals surface area (Å²) in [6, 6.07) is 0. The van der Waals surface area contributed by atoms with Gasteiger partial charge in [-0.3, -0.25) is 4.79 Å². The summed E-state index contributed by atoms with van der Waals surface area (Å²) in [5.74, 6) is 0.277. The summed E-state index contributed by atoms with van der Waals surface area (Å²) in [5, 5.41) is 11.3. The number of aliphatic hydroxyl groups is 1. The maximum Gasteiger partial charge on any atom is 0.220 e. The minimum Gasteiger partial charge on any atom is -0.396 e. The number of amides is 1. The van der Waals surface area contributed by atoms with Crippen LogP contribution in [0.4, 0.5) is 0 Å². The van der Waals surface area contributed by atoms with Crippen molar-refractivity contribution in [2.45, 2.75) is 12.8 Å². The molecule has 1 rings (SSSR count). The van der Waals surface area contributed by atoms with Gasteiger partial charge < -0.3 is 10.4 Å². The number of rotatable bonds is 1. The Hall–Kier alpha value is -0.570. The topological polar surface area (TPSA) is 49.3 Å². The number of hydrogen-bond donors (Lipinski definition) is 2. The van der Waals surface area contributed by atoms with Crippen molar-refractivity contribution < 1.29 is 9.90 Å². The first kappa shape index (κ1) is 6.55. The molecule has 0 aromatic rings. The zero-order valence-electron chi connectivity index (χ0n) is 5.26. The Morgan fingerprint density at radius 1 is 1.78 bits per heavy atom. The highest BCUT2D eigenvalue weighted by Gasteiger charge is 2.17. The summed E-state index contributed by atoms with van der Waals surface area (Å²) < 4.78 is 0. The Bertz CT molecular complexity index is 114. The van der Waals surface area contributed by atoms with Gasteiger partial charge in [0.05, 0.1) is 0 Å². The third kappa shape index (κ3) is 1.68. The lowest BCUT2D eigenvalue weighted by Gasteiger charge is -2.19. The van der Waals surface area contributed by atoms with Crippen LogP contribution in [0, 0.1) is 5.92 Å². The van der Waals surface area contributed by atoms with E-state index >= 15 is 0 Å². The monoisotopic (exact) mass is 129 g/mol. The molecule has 0 bridgehead atoms. The molecule has 0 saturated carbocycles. The molecule has 1 saturated heterocycles. The van der Waals surface area contributed by atoms with Crippen molar-refractivity contribution in [1.29, 1.82) is 0 Å². The first-order chi connectivity index (χ1) is 4.33. The van der Waals surface area contributed by atoms with E-state index in [-0.39, 0.29) is 18.4 Å². The van der Waals surface area contributed by atoms with Gasteiger partial charge in [-0.25, -0.2) is 0 Å². The van der Waals surface area contributed by atoms with Crippen molar-refractivity contribution in [1.82, 2.24) is 5.32 Å². The Morgan fingerprint density at radius 3 is 3.00 bits per heavy atom. The van der Waals surface area contributed by atoms with E-state index < -0.39 is 0 Å². The van der Waals surface area contributed by atoms with Crippen LogP contribution in [0.15, 0.2) is 0 Å². The van der Waals surface area contributed by atoms with E-state index in [4.69, 9.17) is 5.11 Å². The van der Waals surface area contributed by atoms with Crippen LogP contribution in [-0.2, 0) is 4.79 Å². The highest BCUT2D eigenvalue weighted by atomic mass is 16.3. The van der Waals surface area contributed by atoms with Gasteiger partial charge in [-0.15, -0.1) is 0 Å². The second kappa shape index (κ2) is 2.82. The Morgan fingerprint density at radius 2 is 2.56 bits per heavy atom. The van der Waals surface area contributed by atoms with Gasteiger partial charge in [-0.1, -0.05) is 0 Å². The lowest BCUT2D eigenvalue weighted by molar-refractivity contribution is -0.123. The number of piperidine rings is 1. The van der Waals surface area contributed by atoms with Crippen LogP contribution in [0.3, 0.4) is 0 Å². The molecule has 0 unspecified atom stereocenters. The van der Waals surface area contributed by atoms with Gasteiger partial charge in [0.2, 0.25) is 5.91 Å². The Kier molecular flexibility index (Phi) is 2.05. The quantitative estimate of drug-likeness (QED) is 0.501. The molecule has 1 aliphatic rings. The number of carbonyl (C=O) groups excluding carboxylic acids is 1. The maximum absolute atomic E-state index is 10.6. The minimum atomic E-state index is 0.0697. The molecule has 0 radical (unpaired) electrons. The molecule has 52 valence electrons. The van der Waals surface area contributed by atoms with E-state index in [1.165, 1.54) is 0 Å². The molecule has 1 amide bonds. The Labute approximate surface area is 54.1 Å². The zero-order chi connectivity index (χ0) is 6.69. The molecule has 2 N–H and O–H groups in total. The van der Waals surface area contributed by atoms with Crippen molar-refractivity contribution in [3.05, 3.63) is 0 Å². The Balaban J connectivity index is 2.32. The molecule has 1 atom stereocenters. The van der Waals surface area contributed by atoms with E-state index in [0.717, 1.165) is 13.0 Å². The fourth-order valence-electron chi connectivity index (χ4n) is 1.01. The number of hydrogen-bond acceptors (Lipinski definition) is 2. The van der Waals surface area contributed by atoms with Crippen LogP contribution in [-0.4, -0.2) is 24.2 Å². The lowest BCUT2D eigenvalue weighted by Crippen LogP contribution is -2.34. The third-order valence-electron chi connectivity index (χ3n) is 1.61. The number of carbonyl (C=O) groups is 1. The fourth-order valence-corrected chi connectivity index (χ4v) is 1.01. The van der Waals surface area contributed by atoms with Gasteiger partial charge in [0.1, 0.15) is 0 Å². The van der Waals surface area contributed by atoms with Crippen LogP contribution >= 0.6 is 0 Å². The van der Waals surface area contributed by atoms with Gasteiger partial charge in [0.25, 0.3) is 0 Å². The molecule has 0 aromatic heterocycles. The fraction of sp³-hybridized carbons (Fsp3) is 0.833. The van der Waals surface area contributed by atoms with Crippen molar-refractivity contribution in [3.8, 4) is 0 Å². The van der Waals surface area contributed by atoms with Crippen molar-refractivity contribution >= 4 is 5.91 Å². The lowest BCUT2D eigenvalue weighted by atomic mass is 9.99. The van der Waals surface area contributed by atoms with Gasteiger partial charge >= 0.3 is 0 Å². The molecule has 3 heteroatoms. The van der Waals surface area contributed by atoms with Crippen LogP contribution in [0.2, 0.25) is 0 Å². The van der Waals surface area contributed by atoms with Gasteiger partial charge in [-0.2, -0.15) is 0 Å². The van der Waals surface area contributed by atoms with E-state index in [2.05, 4.69) is 5.32 Å². The zero-order valence-corrected chi connectivity index (χ0v) is 5.26.